The van der Waals surface area contributed by atoms with Crippen LogP contribution in [0.5, 0.6) is 0 Å². The Kier molecular flexibility index (Phi) is 7.42. The van der Waals surface area contributed by atoms with Crippen LogP contribution < -0.4 is 5.11 Å². The van der Waals surface area contributed by atoms with Gasteiger partial charge < -0.3 is 24.3 Å². The third-order valence-electron chi connectivity index (χ3n) is 3.27. The van der Waals surface area contributed by atoms with E-state index in [0.717, 1.165) is 10.5 Å². The zero-order chi connectivity index (χ0) is 19.0. The topological polar surface area (TPSA) is 96.0 Å². The minimum Gasteiger partial charge on any atom is -0.548 e. The molecule has 0 unspecified atom stereocenters. The average molecular weight is 350 g/mol. The van der Waals surface area contributed by atoms with Crippen LogP contribution in [0.15, 0.2) is 30.3 Å². The van der Waals surface area contributed by atoms with E-state index in [1.165, 1.54) is 7.05 Å². The van der Waals surface area contributed by atoms with Gasteiger partial charge in [-0.3, -0.25) is 4.79 Å². The lowest BCUT2D eigenvalue weighted by molar-refractivity contribution is -0.311. The Morgan fingerprint density at radius 2 is 1.76 bits per heavy atom. The standard InChI is InChI=1S/C18H25NO6/c1-18(2,3)25-15(20)11-10-14(16(21)22)19(4)17(23)24-12-13-8-6-5-7-9-13/h5-9,14H,10-12H2,1-4H3,(H,21,22)/p-1/t14-/m0/s1. The molecule has 0 aromatic heterocycles. The van der Waals surface area contributed by atoms with Crippen LogP contribution in [0.2, 0.25) is 0 Å². The van der Waals surface area contributed by atoms with Gasteiger partial charge in [0.05, 0.1) is 12.0 Å². The smallest absolute Gasteiger partial charge is 0.410 e. The number of nitrogens with zero attached hydrogens (tertiary/aromatic N) is 1. The molecule has 0 fully saturated rings. The molecule has 1 rings (SSSR count). The largest absolute Gasteiger partial charge is 0.548 e. The summed E-state index contributed by atoms with van der Waals surface area (Å²) in [6.07, 6.45) is -1.07. The number of benzene rings is 1. The van der Waals surface area contributed by atoms with Gasteiger partial charge in [0.25, 0.3) is 0 Å². The van der Waals surface area contributed by atoms with Crippen molar-refractivity contribution in [1.82, 2.24) is 4.90 Å². The van der Waals surface area contributed by atoms with E-state index in [-0.39, 0.29) is 19.4 Å². The predicted molar refractivity (Wildman–Crippen MR) is 88.3 cm³/mol. The van der Waals surface area contributed by atoms with Crippen LogP contribution in [0.25, 0.3) is 0 Å². The van der Waals surface area contributed by atoms with E-state index in [1.54, 1.807) is 45.0 Å². The summed E-state index contributed by atoms with van der Waals surface area (Å²) in [6, 6.07) is 7.73. The van der Waals surface area contributed by atoms with Gasteiger partial charge in [-0.15, -0.1) is 0 Å². The molecule has 7 heteroatoms. The lowest BCUT2D eigenvalue weighted by Crippen LogP contribution is -2.49. The summed E-state index contributed by atoms with van der Waals surface area (Å²) in [5.74, 6) is -1.99. The molecule has 0 aliphatic carbocycles. The molecule has 1 atom stereocenters. The van der Waals surface area contributed by atoms with E-state index in [9.17, 15) is 19.5 Å². The molecule has 1 aromatic rings. The summed E-state index contributed by atoms with van der Waals surface area (Å²) in [5.41, 5.74) is 0.122. The number of amides is 1. The summed E-state index contributed by atoms with van der Waals surface area (Å²) in [5, 5.41) is 11.3. The molecule has 0 aliphatic rings. The summed E-state index contributed by atoms with van der Waals surface area (Å²) in [6.45, 7) is 5.17. The Balaban J connectivity index is 2.57. The number of rotatable bonds is 7. The predicted octanol–water partition coefficient (Wildman–Crippen LogP) is 1.50. The molecule has 0 aliphatic heterocycles. The van der Waals surface area contributed by atoms with Gasteiger partial charge in [0.15, 0.2) is 0 Å². The number of hydrogen-bond donors (Lipinski definition) is 0. The Labute approximate surface area is 147 Å². The van der Waals surface area contributed by atoms with Gasteiger partial charge in [-0.05, 0) is 32.8 Å². The van der Waals surface area contributed by atoms with Crippen molar-refractivity contribution in [3.8, 4) is 0 Å². The number of hydrogen-bond acceptors (Lipinski definition) is 6. The fraction of sp³-hybridized carbons (Fsp3) is 0.500. The highest BCUT2D eigenvalue weighted by atomic mass is 16.6. The normalized spacial score (nSPS) is 12.2. The Bertz CT molecular complexity index is 593. The summed E-state index contributed by atoms with van der Waals surface area (Å²) >= 11 is 0. The number of carboxylic acid groups (broad SMARTS) is 1. The second-order valence-electron chi connectivity index (χ2n) is 6.61. The Hall–Kier alpha value is -2.57. The van der Waals surface area contributed by atoms with Crippen molar-refractivity contribution in [2.75, 3.05) is 7.05 Å². The van der Waals surface area contributed by atoms with Crippen molar-refractivity contribution < 1.29 is 29.0 Å². The average Bonchev–Trinajstić information content (AvgIpc) is 2.51. The van der Waals surface area contributed by atoms with Gasteiger partial charge in [-0.2, -0.15) is 0 Å². The van der Waals surface area contributed by atoms with E-state index in [1.807, 2.05) is 6.07 Å². The van der Waals surface area contributed by atoms with E-state index < -0.39 is 29.7 Å². The maximum Gasteiger partial charge on any atom is 0.410 e. The number of carbonyl (C=O) groups is 3. The highest BCUT2D eigenvalue weighted by molar-refractivity contribution is 5.79. The molecule has 138 valence electrons. The first-order valence-electron chi connectivity index (χ1n) is 7.96. The maximum atomic E-state index is 12.0. The van der Waals surface area contributed by atoms with Crippen LogP contribution in [-0.4, -0.2) is 41.6 Å². The van der Waals surface area contributed by atoms with Crippen molar-refractivity contribution in [3.63, 3.8) is 0 Å². The lowest BCUT2D eigenvalue weighted by atomic mass is 10.1. The first kappa shape index (κ1) is 20.5. The van der Waals surface area contributed by atoms with Crippen LogP contribution in [0.4, 0.5) is 4.79 Å². The molecule has 0 spiro atoms. The molecule has 1 amide bonds. The fourth-order valence-corrected chi connectivity index (χ4v) is 2.07. The summed E-state index contributed by atoms with van der Waals surface area (Å²) < 4.78 is 10.2. The Morgan fingerprint density at radius 3 is 2.28 bits per heavy atom. The van der Waals surface area contributed by atoms with E-state index in [0.29, 0.717) is 0 Å². The van der Waals surface area contributed by atoms with Crippen LogP contribution in [0, 0.1) is 0 Å². The number of carbonyl (C=O) groups excluding carboxylic acids is 3. The van der Waals surface area contributed by atoms with Crippen LogP contribution >= 0.6 is 0 Å². The van der Waals surface area contributed by atoms with Crippen molar-refractivity contribution in [1.29, 1.82) is 0 Å². The number of likely N-dealkylation sites (N-methyl/N-ethyl adjacent to an activating group) is 1. The van der Waals surface area contributed by atoms with Crippen LogP contribution in [-0.2, 0) is 25.7 Å². The van der Waals surface area contributed by atoms with Crippen molar-refractivity contribution >= 4 is 18.0 Å². The molecule has 0 saturated heterocycles. The number of ether oxygens (including phenoxy) is 2. The molecule has 1 aromatic carbocycles. The van der Waals surface area contributed by atoms with Gasteiger partial charge in [-0.25, -0.2) is 4.79 Å². The summed E-state index contributed by atoms with van der Waals surface area (Å²) in [4.78, 5) is 36.0. The number of aliphatic carboxylic acids is 1. The molecular weight excluding hydrogens is 326 g/mol. The zero-order valence-corrected chi connectivity index (χ0v) is 15.0. The molecule has 0 saturated carbocycles. The first-order valence-corrected chi connectivity index (χ1v) is 7.96. The van der Waals surface area contributed by atoms with Gasteiger partial charge in [0, 0.05) is 13.5 Å². The van der Waals surface area contributed by atoms with Gasteiger partial charge >= 0.3 is 12.1 Å². The molecule has 25 heavy (non-hydrogen) atoms. The molecular formula is C18H24NO6-. The van der Waals surface area contributed by atoms with E-state index >= 15 is 0 Å². The quantitative estimate of drug-likeness (QED) is 0.692. The Morgan fingerprint density at radius 1 is 1.16 bits per heavy atom. The molecule has 7 nitrogen and oxygen atoms in total. The monoisotopic (exact) mass is 350 g/mol. The minimum absolute atomic E-state index is 0.0237. The first-order chi connectivity index (χ1) is 11.6. The van der Waals surface area contributed by atoms with Gasteiger partial charge in [0.2, 0.25) is 0 Å². The molecule has 0 bridgehead atoms. The molecule has 0 N–H and O–H groups in total. The van der Waals surface area contributed by atoms with Gasteiger partial charge in [0.1, 0.15) is 12.2 Å². The van der Waals surface area contributed by atoms with E-state index in [4.69, 9.17) is 9.47 Å². The van der Waals surface area contributed by atoms with Crippen molar-refractivity contribution in [2.45, 2.75) is 51.9 Å². The van der Waals surface area contributed by atoms with Crippen molar-refractivity contribution in [3.05, 3.63) is 35.9 Å². The third kappa shape index (κ3) is 7.69. The number of carboxylic acids is 1. The SMILES string of the molecule is CN(C(=O)OCc1ccccc1)[C@@H](CCC(=O)OC(C)(C)C)C(=O)[O-]. The highest BCUT2D eigenvalue weighted by Gasteiger charge is 2.24. The van der Waals surface area contributed by atoms with Crippen LogP contribution in [0.1, 0.15) is 39.2 Å². The van der Waals surface area contributed by atoms with Gasteiger partial charge in [-0.1, -0.05) is 30.3 Å². The van der Waals surface area contributed by atoms with Crippen molar-refractivity contribution in [2.24, 2.45) is 0 Å². The summed E-state index contributed by atoms with van der Waals surface area (Å²) in [7, 11) is 1.29. The number of esters is 1. The second-order valence-corrected chi connectivity index (χ2v) is 6.61. The lowest BCUT2D eigenvalue weighted by Gasteiger charge is -2.28. The van der Waals surface area contributed by atoms with Crippen LogP contribution in [0.3, 0.4) is 0 Å². The molecule has 0 radical (unpaired) electrons. The highest BCUT2D eigenvalue weighted by Crippen LogP contribution is 2.13. The minimum atomic E-state index is -1.46. The fourth-order valence-electron chi connectivity index (χ4n) is 2.07. The molecule has 0 heterocycles. The second kappa shape index (κ2) is 9.05. The zero-order valence-electron chi connectivity index (χ0n) is 15.0. The van der Waals surface area contributed by atoms with E-state index in [2.05, 4.69) is 0 Å². The maximum absolute atomic E-state index is 12.0. The third-order valence-corrected chi connectivity index (χ3v) is 3.27.